The van der Waals surface area contributed by atoms with Gasteiger partial charge in [0.05, 0.1) is 5.69 Å². The zero-order chi connectivity index (χ0) is 25.6. The Kier molecular flexibility index (Phi) is 8.34. The van der Waals surface area contributed by atoms with E-state index in [0.717, 1.165) is 17.2 Å². The van der Waals surface area contributed by atoms with E-state index in [2.05, 4.69) is 20.9 Å². The van der Waals surface area contributed by atoms with Crippen LogP contribution < -0.4 is 20.9 Å². The molecule has 3 heterocycles. The summed E-state index contributed by atoms with van der Waals surface area (Å²) in [4.78, 5) is 41.2. The van der Waals surface area contributed by atoms with Gasteiger partial charge in [-0.25, -0.2) is 4.98 Å². The molecule has 0 aliphatic carbocycles. The van der Waals surface area contributed by atoms with Gasteiger partial charge in [-0.1, -0.05) is 0 Å². The number of halogens is 6. The fourth-order valence-corrected chi connectivity index (χ4v) is 4.47. The first-order valence-electron chi connectivity index (χ1n) is 10.2. The van der Waals surface area contributed by atoms with Gasteiger partial charge in [-0.2, -0.15) is 11.8 Å². The van der Waals surface area contributed by atoms with E-state index in [1.54, 1.807) is 12.4 Å². The molecule has 16 heteroatoms. The van der Waals surface area contributed by atoms with Crippen molar-refractivity contribution in [2.45, 2.75) is 31.3 Å². The number of anilines is 1. The second-order valence-electron chi connectivity index (χ2n) is 7.68. The van der Waals surface area contributed by atoms with Crippen LogP contribution in [0.3, 0.4) is 0 Å². The molecule has 2 aliphatic rings. The predicted molar refractivity (Wildman–Crippen MR) is 117 cm³/mol. The minimum absolute atomic E-state index is 0.00281. The zero-order valence-corrected chi connectivity index (χ0v) is 19.8. The topological polar surface area (TPSA) is 105 Å². The van der Waals surface area contributed by atoms with Crippen LogP contribution >= 0.6 is 19.6 Å². The van der Waals surface area contributed by atoms with Crippen molar-refractivity contribution in [3.05, 3.63) is 24.0 Å². The number of carbonyl (C=O) groups excluding carboxylic acids is 3. The number of nitrogens with one attached hydrogen (secondary N) is 4. The number of thioether (sulfide) groups is 1. The number of H-pyrrole nitrogens is 1. The average molecular weight is 537 g/mol. The summed E-state index contributed by atoms with van der Waals surface area (Å²) in [7, 11) is -8.84. The first-order chi connectivity index (χ1) is 15.5. The summed E-state index contributed by atoms with van der Waals surface area (Å²) in [6, 6.07) is 1.49. The molecular weight excluding hydrogens is 511 g/mol. The molecule has 1 aromatic rings. The Labute approximate surface area is 195 Å². The summed E-state index contributed by atoms with van der Waals surface area (Å²) < 4.78 is 59.2. The van der Waals surface area contributed by atoms with Crippen LogP contribution in [0, 0.1) is 0 Å². The SMILES string of the molecule is CNc1c[nH+]cc(C(=O)N2CCSCC2CCNC(=O)[C@H]2CCC(=O)N2)c1.F[P-](F)(F)(F)(F)F. The van der Waals surface area contributed by atoms with Crippen LogP contribution in [0.25, 0.3) is 0 Å². The number of aromatic nitrogens is 1. The van der Waals surface area contributed by atoms with E-state index in [9.17, 15) is 39.6 Å². The van der Waals surface area contributed by atoms with Gasteiger partial charge in [0.1, 0.15) is 11.6 Å². The van der Waals surface area contributed by atoms with Crippen molar-refractivity contribution in [3.8, 4) is 0 Å². The summed E-state index contributed by atoms with van der Waals surface area (Å²) in [5.41, 5.74) is 1.48. The van der Waals surface area contributed by atoms with Gasteiger partial charge in [-0.3, -0.25) is 14.4 Å². The fraction of sp³-hybridized carbons (Fsp3) is 0.556. The van der Waals surface area contributed by atoms with Gasteiger partial charge < -0.3 is 20.9 Å². The zero-order valence-electron chi connectivity index (χ0n) is 18.1. The molecule has 4 N–H and O–H groups in total. The van der Waals surface area contributed by atoms with Crippen LogP contribution in [0.5, 0.6) is 0 Å². The van der Waals surface area contributed by atoms with Gasteiger partial charge in [0.25, 0.3) is 5.91 Å². The molecule has 0 saturated carbocycles. The maximum atomic E-state index is 13.0. The number of rotatable bonds is 6. The van der Waals surface area contributed by atoms with Crippen molar-refractivity contribution in [2.75, 3.05) is 37.0 Å². The number of hydrogen-bond donors (Lipinski definition) is 3. The fourth-order valence-electron chi connectivity index (χ4n) is 3.36. The number of aromatic amines is 1. The maximum absolute atomic E-state index is 13.0. The quantitative estimate of drug-likeness (QED) is 0.382. The number of amides is 3. The molecule has 3 amide bonds. The molecule has 0 radical (unpaired) electrons. The standard InChI is InChI=1S/C18H25N5O3S.F6P/c1-19-13-8-12(9-20-10-13)18(26)23-6-7-27-11-14(23)4-5-21-17(25)15-2-3-16(24)22-15;1-7(2,3,4,5)6/h8-10,14-15,19H,2-7,11H2,1H3,(H,21,25)(H,22,24);/q;-1/p+1/t14?,15-;/m1./s1. The van der Waals surface area contributed by atoms with Crippen LogP contribution in [0.15, 0.2) is 18.5 Å². The number of pyridine rings is 1. The van der Waals surface area contributed by atoms with Crippen molar-refractivity contribution < 1.29 is 44.5 Å². The van der Waals surface area contributed by atoms with E-state index in [4.69, 9.17) is 0 Å². The number of nitrogens with zero attached hydrogens (tertiary/aromatic N) is 1. The normalized spacial score (nSPS) is 22.4. The summed E-state index contributed by atoms with van der Waals surface area (Å²) in [6.07, 6.45) is 5.17. The molecule has 2 fully saturated rings. The van der Waals surface area contributed by atoms with Crippen LogP contribution in [0.1, 0.15) is 29.6 Å². The Balaban J connectivity index is 0.000000509. The Morgan fingerprint density at radius 3 is 2.50 bits per heavy atom. The van der Waals surface area contributed by atoms with Crippen molar-refractivity contribution in [3.63, 3.8) is 0 Å². The monoisotopic (exact) mass is 537 g/mol. The molecule has 194 valence electrons. The second-order valence-corrected chi connectivity index (χ2v) is 10.8. The summed E-state index contributed by atoms with van der Waals surface area (Å²) in [5, 5.41) is 8.59. The number of hydrogen-bond acceptors (Lipinski definition) is 5. The van der Waals surface area contributed by atoms with Crippen molar-refractivity contribution in [1.82, 2.24) is 15.5 Å². The molecule has 0 bridgehead atoms. The molecule has 1 aromatic heterocycles. The van der Waals surface area contributed by atoms with Crippen molar-refractivity contribution >= 4 is 43.0 Å². The van der Waals surface area contributed by atoms with E-state index < -0.39 is 13.9 Å². The van der Waals surface area contributed by atoms with E-state index in [1.165, 1.54) is 0 Å². The Morgan fingerprint density at radius 1 is 1.24 bits per heavy atom. The van der Waals surface area contributed by atoms with E-state index in [0.29, 0.717) is 37.9 Å². The third-order valence-electron chi connectivity index (χ3n) is 4.90. The molecule has 1 unspecified atom stereocenters. The molecule has 2 saturated heterocycles. The van der Waals surface area contributed by atoms with E-state index >= 15 is 0 Å². The molecule has 2 atom stereocenters. The van der Waals surface area contributed by atoms with Gasteiger partial charge >= 0.3 is 33.0 Å². The summed E-state index contributed by atoms with van der Waals surface area (Å²) in [6.45, 7) is 1.19. The average Bonchev–Trinajstić information content (AvgIpc) is 3.18. The Hall–Kier alpha value is -2.28. The molecule has 2 aliphatic heterocycles. The van der Waals surface area contributed by atoms with Gasteiger partial charge in [0.15, 0.2) is 12.4 Å². The van der Waals surface area contributed by atoms with Gasteiger partial charge in [-0.15, -0.1) is 0 Å². The van der Waals surface area contributed by atoms with Crippen LogP contribution in [-0.4, -0.2) is 66.3 Å². The molecule has 34 heavy (non-hydrogen) atoms. The van der Waals surface area contributed by atoms with Gasteiger partial charge in [0.2, 0.25) is 11.8 Å². The predicted octanol–water partition coefficient (Wildman–Crippen LogP) is 3.27. The van der Waals surface area contributed by atoms with Crippen molar-refractivity contribution in [1.29, 1.82) is 0 Å². The third-order valence-corrected chi connectivity index (χ3v) is 5.99. The minimum atomic E-state index is -10.7. The Bertz CT molecular complexity index is 910. The first-order valence-corrected chi connectivity index (χ1v) is 13.4. The molecule has 0 spiro atoms. The summed E-state index contributed by atoms with van der Waals surface area (Å²) in [5.74, 6) is 1.56. The van der Waals surface area contributed by atoms with Crippen molar-refractivity contribution in [2.24, 2.45) is 0 Å². The summed E-state index contributed by atoms with van der Waals surface area (Å²) >= 11 is 1.83. The molecule has 3 rings (SSSR count). The van der Waals surface area contributed by atoms with Gasteiger partial charge in [-0.05, 0) is 18.9 Å². The van der Waals surface area contributed by atoms with Gasteiger partial charge in [0, 0.05) is 44.1 Å². The molecule has 8 nitrogen and oxygen atoms in total. The second kappa shape index (κ2) is 10.1. The van der Waals surface area contributed by atoms with Crippen LogP contribution in [0.4, 0.5) is 30.9 Å². The van der Waals surface area contributed by atoms with E-state index in [1.807, 2.05) is 29.8 Å². The number of carbonyl (C=O) groups is 3. The molecule has 0 aromatic carbocycles. The third kappa shape index (κ3) is 10.8. The van der Waals surface area contributed by atoms with Crippen LogP contribution in [0.2, 0.25) is 0 Å². The molecular formula is C18H26F6N5O3PS. The first kappa shape index (κ1) is 28.0. The Morgan fingerprint density at radius 2 is 1.91 bits per heavy atom. The van der Waals surface area contributed by atoms with E-state index in [-0.39, 0.29) is 23.8 Å². The van der Waals surface area contributed by atoms with Crippen LogP contribution in [-0.2, 0) is 9.59 Å².